The highest BCUT2D eigenvalue weighted by molar-refractivity contribution is 7.17. The Hall–Kier alpha value is -2.73. The first-order valence-electron chi connectivity index (χ1n) is 8.99. The zero-order chi connectivity index (χ0) is 18.8. The third-order valence-corrected chi connectivity index (χ3v) is 5.92. The molecule has 0 unspecified atom stereocenters. The number of hydrogen-bond donors (Lipinski definition) is 1. The van der Waals surface area contributed by atoms with Crippen molar-refractivity contribution in [1.29, 1.82) is 0 Å². The van der Waals surface area contributed by atoms with Crippen LogP contribution in [0.3, 0.4) is 0 Å². The van der Waals surface area contributed by atoms with Gasteiger partial charge in [0, 0.05) is 6.20 Å². The third kappa shape index (κ3) is 3.85. The molecule has 1 atom stereocenters. The molecular weight excluding hydrogens is 358 g/mol. The Kier molecular flexibility index (Phi) is 4.90. The maximum absolute atomic E-state index is 13.0. The van der Waals surface area contributed by atoms with E-state index in [2.05, 4.69) is 15.3 Å². The standard InChI is InChI=1S/C21H21N3O2S/c1-13-19(27-21(23-13)17-5-3-4-12-22-17)20(25)24-18(14-6-7-14)15-8-10-16(26-2)11-9-15/h3-5,8-12,14,18H,6-7H2,1-2H3,(H,24,25)/t18-/m0/s1. The van der Waals surface area contributed by atoms with Crippen LogP contribution in [-0.4, -0.2) is 23.0 Å². The monoisotopic (exact) mass is 379 g/mol. The molecule has 3 aromatic rings. The lowest BCUT2D eigenvalue weighted by Crippen LogP contribution is -2.29. The first-order chi connectivity index (χ1) is 13.2. The van der Waals surface area contributed by atoms with Crippen LogP contribution in [0.4, 0.5) is 0 Å². The Balaban J connectivity index is 1.56. The van der Waals surface area contributed by atoms with Gasteiger partial charge >= 0.3 is 0 Å². The lowest BCUT2D eigenvalue weighted by Gasteiger charge is -2.19. The highest BCUT2D eigenvalue weighted by Gasteiger charge is 2.34. The predicted octanol–water partition coefficient (Wildman–Crippen LogP) is 4.40. The van der Waals surface area contributed by atoms with Gasteiger partial charge in [0.2, 0.25) is 0 Å². The van der Waals surface area contributed by atoms with Crippen molar-refractivity contribution in [2.24, 2.45) is 5.92 Å². The van der Waals surface area contributed by atoms with Crippen molar-refractivity contribution in [3.63, 3.8) is 0 Å². The lowest BCUT2D eigenvalue weighted by molar-refractivity contribution is 0.0935. The van der Waals surface area contributed by atoms with Crippen LogP contribution in [0.15, 0.2) is 48.7 Å². The van der Waals surface area contributed by atoms with E-state index in [-0.39, 0.29) is 11.9 Å². The minimum atomic E-state index is -0.0695. The predicted molar refractivity (Wildman–Crippen MR) is 106 cm³/mol. The van der Waals surface area contributed by atoms with Crippen molar-refractivity contribution in [3.05, 3.63) is 64.8 Å². The van der Waals surface area contributed by atoms with E-state index in [0.717, 1.165) is 40.6 Å². The van der Waals surface area contributed by atoms with E-state index in [1.807, 2.05) is 49.4 Å². The molecule has 1 aliphatic carbocycles. The second-order valence-corrected chi connectivity index (χ2v) is 7.71. The number of aryl methyl sites for hydroxylation is 1. The quantitative estimate of drug-likeness (QED) is 0.689. The molecule has 138 valence electrons. The van der Waals surface area contributed by atoms with Crippen LogP contribution >= 0.6 is 11.3 Å². The normalized spacial score (nSPS) is 14.6. The van der Waals surface area contributed by atoms with Crippen molar-refractivity contribution in [2.75, 3.05) is 7.11 Å². The van der Waals surface area contributed by atoms with Crippen LogP contribution in [0.5, 0.6) is 5.75 Å². The van der Waals surface area contributed by atoms with Gasteiger partial charge in [-0.15, -0.1) is 11.3 Å². The molecule has 0 saturated heterocycles. The SMILES string of the molecule is COc1ccc([C@@H](NC(=O)c2sc(-c3ccccn3)nc2C)C2CC2)cc1. The molecule has 6 heteroatoms. The van der Waals surface area contributed by atoms with Crippen LogP contribution in [0.2, 0.25) is 0 Å². The summed E-state index contributed by atoms with van der Waals surface area (Å²) in [4.78, 5) is 22.5. The van der Waals surface area contributed by atoms with E-state index < -0.39 is 0 Å². The number of carbonyl (C=O) groups is 1. The molecule has 4 rings (SSSR count). The molecule has 1 fully saturated rings. The van der Waals surface area contributed by atoms with E-state index in [1.165, 1.54) is 11.3 Å². The summed E-state index contributed by atoms with van der Waals surface area (Å²) in [6.45, 7) is 1.87. The molecule has 1 saturated carbocycles. The van der Waals surface area contributed by atoms with Crippen molar-refractivity contribution in [2.45, 2.75) is 25.8 Å². The van der Waals surface area contributed by atoms with Crippen molar-refractivity contribution >= 4 is 17.2 Å². The first kappa shape index (κ1) is 17.7. The summed E-state index contributed by atoms with van der Waals surface area (Å²) in [7, 11) is 1.65. The smallest absolute Gasteiger partial charge is 0.263 e. The molecule has 1 aliphatic rings. The molecule has 1 aromatic carbocycles. The zero-order valence-electron chi connectivity index (χ0n) is 15.3. The summed E-state index contributed by atoms with van der Waals surface area (Å²) < 4.78 is 5.24. The minimum Gasteiger partial charge on any atom is -0.497 e. The van der Waals surface area contributed by atoms with E-state index in [1.54, 1.807) is 13.3 Å². The topological polar surface area (TPSA) is 64.1 Å². The molecule has 27 heavy (non-hydrogen) atoms. The summed E-state index contributed by atoms with van der Waals surface area (Å²) >= 11 is 1.39. The molecule has 1 N–H and O–H groups in total. The maximum atomic E-state index is 13.0. The number of hydrogen-bond acceptors (Lipinski definition) is 5. The van der Waals surface area contributed by atoms with Gasteiger partial charge in [0.05, 0.1) is 24.5 Å². The van der Waals surface area contributed by atoms with E-state index >= 15 is 0 Å². The molecular formula is C21H21N3O2S. The second kappa shape index (κ2) is 7.48. The maximum Gasteiger partial charge on any atom is 0.263 e. The van der Waals surface area contributed by atoms with Gasteiger partial charge in [0.25, 0.3) is 5.91 Å². The number of ether oxygens (including phenoxy) is 1. The number of carbonyl (C=O) groups excluding carboxylic acids is 1. The number of nitrogens with one attached hydrogen (secondary N) is 1. The Morgan fingerprint density at radius 3 is 2.63 bits per heavy atom. The van der Waals surface area contributed by atoms with Gasteiger partial charge in [0.1, 0.15) is 15.6 Å². The molecule has 0 radical (unpaired) electrons. The number of pyridine rings is 1. The number of aromatic nitrogens is 2. The first-order valence-corrected chi connectivity index (χ1v) is 9.81. The summed E-state index contributed by atoms with van der Waals surface area (Å²) in [5.74, 6) is 1.24. The van der Waals surface area contributed by atoms with Gasteiger partial charge in [-0.3, -0.25) is 9.78 Å². The van der Waals surface area contributed by atoms with Crippen LogP contribution in [0.1, 0.15) is 39.8 Å². The highest BCUT2D eigenvalue weighted by atomic mass is 32.1. The van der Waals surface area contributed by atoms with Gasteiger partial charge in [0.15, 0.2) is 0 Å². The average Bonchev–Trinajstić information content (AvgIpc) is 3.48. The van der Waals surface area contributed by atoms with E-state index in [9.17, 15) is 4.79 Å². The zero-order valence-corrected chi connectivity index (χ0v) is 16.1. The highest BCUT2D eigenvalue weighted by Crippen LogP contribution is 2.41. The van der Waals surface area contributed by atoms with Crippen LogP contribution in [0.25, 0.3) is 10.7 Å². The largest absolute Gasteiger partial charge is 0.497 e. The number of rotatable bonds is 6. The Bertz CT molecular complexity index is 934. The third-order valence-electron chi connectivity index (χ3n) is 4.74. The Morgan fingerprint density at radius 2 is 2.00 bits per heavy atom. The van der Waals surface area contributed by atoms with Gasteiger partial charge in [-0.1, -0.05) is 18.2 Å². The number of amides is 1. The second-order valence-electron chi connectivity index (χ2n) is 6.71. The van der Waals surface area contributed by atoms with Crippen molar-refractivity contribution < 1.29 is 9.53 Å². The number of benzene rings is 1. The van der Waals surface area contributed by atoms with Crippen molar-refractivity contribution in [1.82, 2.24) is 15.3 Å². The van der Waals surface area contributed by atoms with E-state index in [4.69, 9.17) is 4.74 Å². The Morgan fingerprint density at radius 1 is 1.22 bits per heavy atom. The van der Waals surface area contributed by atoms with Gasteiger partial charge in [-0.05, 0) is 55.5 Å². The fourth-order valence-corrected chi connectivity index (χ4v) is 4.07. The van der Waals surface area contributed by atoms with Gasteiger partial charge in [-0.2, -0.15) is 0 Å². The summed E-state index contributed by atoms with van der Waals surface area (Å²) in [6, 6.07) is 13.6. The summed E-state index contributed by atoms with van der Waals surface area (Å²) in [5, 5.41) is 3.99. The fraction of sp³-hybridized carbons (Fsp3) is 0.286. The summed E-state index contributed by atoms with van der Waals surface area (Å²) in [6.07, 6.45) is 4.01. The molecule has 1 amide bonds. The number of methoxy groups -OCH3 is 1. The molecule has 0 spiro atoms. The Labute approximate surface area is 162 Å². The number of nitrogens with zero attached hydrogens (tertiary/aromatic N) is 2. The van der Waals surface area contributed by atoms with Crippen LogP contribution in [-0.2, 0) is 0 Å². The minimum absolute atomic E-state index is 0.0169. The van der Waals surface area contributed by atoms with Crippen molar-refractivity contribution in [3.8, 4) is 16.5 Å². The van der Waals surface area contributed by atoms with Crippen LogP contribution < -0.4 is 10.1 Å². The van der Waals surface area contributed by atoms with Gasteiger partial charge < -0.3 is 10.1 Å². The lowest BCUT2D eigenvalue weighted by atomic mass is 10.0. The van der Waals surface area contributed by atoms with Gasteiger partial charge in [-0.25, -0.2) is 4.98 Å². The average molecular weight is 379 g/mol. The molecule has 0 aliphatic heterocycles. The number of thiazole rings is 1. The fourth-order valence-electron chi connectivity index (χ4n) is 3.13. The summed E-state index contributed by atoms with van der Waals surface area (Å²) in [5.41, 5.74) is 2.64. The van der Waals surface area contributed by atoms with Crippen LogP contribution in [0, 0.1) is 12.8 Å². The molecule has 2 aromatic heterocycles. The van der Waals surface area contributed by atoms with E-state index in [0.29, 0.717) is 10.8 Å². The molecule has 2 heterocycles. The molecule has 5 nitrogen and oxygen atoms in total. The molecule has 0 bridgehead atoms.